The van der Waals surface area contributed by atoms with Gasteiger partial charge >= 0.3 is 0 Å². The van der Waals surface area contributed by atoms with E-state index in [2.05, 4.69) is 26.8 Å². The molecule has 0 fully saturated rings. The summed E-state index contributed by atoms with van der Waals surface area (Å²) in [5.41, 5.74) is 7.67. The van der Waals surface area contributed by atoms with Crippen LogP contribution in [0.4, 0.5) is 10.2 Å². The summed E-state index contributed by atoms with van der Waals surface area (Å²) in [7, 11) is 1.72. The van der Waals surface area contributed by atoms with Crippen LogP contribution in [0.1, 0.15) is 24.1 Å². The zero-order chi connectivity index (χ0) is 23.5. The molecular formula is C24H29FIN7O. The van der Waals surface area contributed by atoms with Gasteiger partial charge in [-0.3, -0.25) is 4.99 Å². The maximum Gasteiger partial charge on any atom is 0.190 e. The highest BCUT2D eigenvalue weighted by molar-refractivity contribution is 14.0. The number of nitrogens with two attached hydrogens (primary N) is 1. The first-order valence-corrected chi connectivity index (χ1v) is 10.8. The number of aliphatic imine (C=N–C) groups is 1. The van der Waals surface area contributed by atoms with Crippen LogP contribution in [0.5, 0.6) is 5.75 Å². The third-order valence-electron chi connectivity index (χ3n) is 4.91. The van der Waals surface area contributed by atoms with Crippen molar-refractivity contribution in [2.24, 2.45) is 4.99 Å². The van der Waals surface area contributed by atoms with E-state index in [4.69, 9.17) is 10.5 Å². The van der Waals surface area contributed by atoms with Crippen molar-refractivity contribution in [3.8, 4) is 17.5 Å². The lowest BCUT2D eigenvalue weighted by Crippen LogP contribution is -2.38. The number of para-hydroxylation sites is 1. The quantitative estimate of drug-likeness (QED) is 0.147. The number of ether oxygens (including phenoxy) is 1. The molecule has 180 valence electrons. The number of guanidine groups is 1. The molecule has 8 nitrogen and oxygen atoms in total. The third-order valence-corrected chi connectivity index (χ3v) is 4.91. The number of nitriles is 1. The van der Waals surface area contributed by atoms with E-state index < -0.39 is 0 Å². The smallest absolute Gasteiger partial charge is 0.190 e. The van der Waals surface area contributed by atoms with Gasteiger partial charge in [0.25, 0.3) is 0 Å². The molecule has 4 N–H and O–H groups in total. The summed E-state index contributed by atoms with van der Waals surface area (Å²) in [4.78, 5) is 4.22. The van der Waals surface area contributed by atoms with Crippen LogP contribution in [0.25, 0.3) is 5.69 Å². The topological polar surface area (TPSA) is 113 Å². The number of anilines is 1. The maximum atomic E-state index is 13.2. The van der Waals surface area contributed by atoms with Crippen LogP contribution in [0.3, 0.4) is 0 Å². The largest absolute Gasteiger partial charge is 0.494 e. The normalized spacial score (nSPS) is 10.8. The Morgan fingerprint density at radius 2 is 1.79 bits per heavy atom. The second kappa shape index (κ2) is 14.0. The average Bonchev–Trinajstić information content (AvgIpc) is 3.16. The van der Waals surface area contributed by atoms with Crippen LogP contribution >= 0.6 is 24.0 Å². The van der Waals surface area contributed by atoms with Crippen LogP contribution < -0.4 is 21.1 Å². The average molecular weight is 577 g/mol. The minimum atomic E-state index is -0.345. The second-order valence-electron chi connectivity index (χ2n) is 7.25. The van der Waals surface area contributed by atoms with E-state index in [1.165, 1.54) is 16.8 Å². The molecule has 0 bridgehead atoms. The standard InChI is InChI=1S/C24H28FN7O.HI/c1-28-24(30-15-6-16-33-20-7-3-2-4-8-20)29-14-5-9-22-21(17-26)23(27)32(31-22)19-12-10-18(25)11-13-19;/h2-4,7-8,10-13H,5-6,9,14-16,27H2,1H3,(H2,28,29,30);1H. The number of hydrogen-bond donors (Lipinski definition) is 3. The van der Waals surface area contributed by atoms with Crippen molar-refractivity contribution in [2.45, 2.75) is 19.3 Å². The van der Waals surface area contributed by atoms with Gasteiger partial charge in [-0.25, -0.2) is 9.07 Å². The first-order chi connectivity index (χ1) is 16.1. The van der Waals surface area contributed by atoms with Gasteiger partial charge in [0, 0.05) is 20.1 Å². The Balaban J connectivity index is 0.00000408. The Bertz CT molecular complexity index is 1100. The van der Waals surface area contributed by atoms with Crippen molar-refractivity contribution in [3.63, 3.8) is 0 Å². The van der Waals surface area contributed by atoms with Gasteiger partial charge in [0.1, 0.15) is 29.0 Å². The Kier molecular flexibility index (Phi) is 11.1. The van der Waals surface area contributed by atoms with E-state index in [0.717, 1.165) is 25.1 Å². The Labute approximate surface area is 216 Å². The third kappa shape index (κ3) is 7.62. The van der Waals surface area contributed by atoms with Gasteiger partial charge in [0.2, 0.25) is 0 Å². The van der Waals surface area contributed by atoms with E-state index in [1.54, 1.807) is 19.2 Å². The lowest BCUT2D eigenvalue weighted by molar-refractivity contribution is 0.311. The summed E-state index contributed by atoms with van der Waals surface area (Å²) in [6, 6.07) is 17.7. The molecule has 1 heterocycles. The summed E-state index contributed by atoms with van der Waals surface area (Å²) in [5.74, 6) is 1.47. The molecule has 0 atom stereocenters. The highest BCUT2D eigenvalue weighted by Gasteiger charge is 2.16. The van der Waals surface area contributed by atoms with E-state index in [1.807, 2.05) is 30.3 Å². The Morgan fingerprint density at radius 1 is 1.12 bits per heavy atom. The number of aromatic nitrogens is 2. The molecule has 0 radical (unpaired) electrons. The van der Waals surface area contributed by atoms with E-state index in [0.29, 0.717) is 42.5 Å². The van der Waals surface area contributed by atoms with Gasteiger partial charge in [-0.1, -0.05) is 18.2 Å². The van der Waals surface area contributed by atoms with Crippen LogP contribution in [0.2, 0.25) is 0 Å². The summed E-state index contributed by atoms with van der Waals surface area (Å²) < 4.78 is 20.3. The van der Waals surface area contributed by atoms with Gasteiger partial charge in [0.05, 0.1) is 18.0 Å². The number of nitrogens with zero attached hydrogens (tertiary/aromatic N) is 4. The molecule has 0 saturated heterocycles. The fraction of sp³-hybridized carbons (Fsp3) is 0.292. The number of nitrogen functional groups attached to an aromatic ring is 1. The number of rotatable bonds is 10. The fourth-order valence-electron chi connectivity index (χ4n) is 3.22. The molecule has 0 saturated carbocycles. The van der Waals surface area contributed by atoms with Crippen molar-refractivity contribution in [2.75, 3.05) is 32.5 Å². The van der Waals surface area contributed by atoms with Gasteiger partial charge in [-0.05, 0) is 55.7 Å². The number of aryl methyl sites for hydroxylation is 1. The predicted molar refractivity (Wildman–Crippen MR) is 142 cm³/mol. The molecule has 0 unspecified atom stereocenters. The first kappa shape index (κ1) is 26.9. The molecule has 3 aromatic rings. The van der Waals surface area contributed by atoms with Gasteiger partial charge in [-0.15, -0.1) is 24.0 Å². The van der Waals surface area contributed by atoms with E-state index in [-0.39, 0.29) is 35.6 Å². The number of halogens is 2. The Hall–Kier alpha value is -3.33. The van der Waals surface area contributed by atoms with Crippen molar-refractivity contribution in [3.05, 3.63) is 71.7 Å². The number of benzene rings is 2. The highest BCUT2D eigenvalue weighted by atomic mass is 127. The van der Waals surface area contributed by atoms with Gasteiger partial charge < -0.3 is 21.1 Å². The summed E-state index contributed by atoms with van der Waals surface area (Å²) in [5, 5.41) is 20.5. The number of nitrogens with one attached hydrogen (secondary N) is 2. The number of hydrogen-bond acceptors (Lipinski definition) is 5. The zero-order valence-corrected chi connectivity index (χ0v) is 21.3. The summed E-state index contributed by atoms with van der Waals surface area (Å²) in [6.45, 7) is 1.99. The maximum absolute atomic E-state index is 13.2. The van der Waals surface area contributed by atoms with Crippen LogP contribution in [0.15, 0.2) is 59.6 Å². The molecule has 0 aliphatic heterocycles. The van der Waals surface area contributed by atoms with Crippen LogP contribution in [0, 0.1) is 17.1 Å². The molecule has 0 aliphatic rings. The van der Waals surface area contributed by atoms with E-state index in [9.17, 15) is 9.65 Å². The summed E-state index contributed by atoms with van der Waals surface area (Å²) in [6.07, 6.45) is 2.13. The first-order valence-electron chi connectivity index (χ1n) is 10.8. The minimum Gasteiger partial charge on any atom is -0.494 e. The zero-order valence-electron chi connectivity index (χ0n) is 19.0. The molecule has 2 aromatic carbocycles. The van der Waals surface area contributed by atoms with E-state index >= 15 is 0 Å². The fourth-order valence-corrected chi connectivity index (χ4v) is 3.22. The molecule has 34 heavy (non-hydrogen) atoms. The summed E-state index contributed by atoms with van der Waals surface area (Å²) >= 11 is 0. The van der Waals surface area contributed by atoms with Crippen molar-refractivity contribution in [1.82, 2.24) is 20.4 Å². The van der Waals surface area contributed by atoms with Crippen molar-refractivity contribution < 1.29 is 9.13 Å². The monoisotopic (exact) mass is 577 g/mol. The lowest BCUT2D eigenvalue weighted by Gasteiger charge is -2.12. The Morgan fingerprint density at radius 3 is 2.44 bits per heavy atom. The molecule has 0 spiro atoms. The molecule has 10 heteroatoms. The van der Waals surface area contributed by atoms with Crippen molar-refractivity contribution in [1.29, 1.82) is 5.26 Å². The molecule has 0 amide bonds. The van der Waals surface area contributed by atoms with Crippen LogP contribution in [-0.4, -0.2) is 42.5 Å². The van der Waals surface area contributed by atoms with Gasteiger partial charge in [0.15, 0.2) is 5.96 Å². The highest BCUT2D eigenvalue weighted by Crippen LogP contribution is 2.21. The SMILES string of the molecule is CN=C(NCCCOc1ccccc1)NCCCc1nn(-c2ccc(F)cc2)c(N)c1C#N.I. The molecular weight excluding hydrogens is 548 g/mol. The predicted octanol–water partition coefficient (Wildman–Crippen LogP) is 3.65. The molecule has 1 aromatic heterocycles. The minimum absolute atomic E-state index is 0. The second-order valence-corrected chi connectivity index (χ2v) is 7.25. The molecule has 0 aliphatic carbocycles. The lowest BCUT2D eigenvalue weighted by atomic mass is 10.1. The molecule has 3 rings (SSSR count). The van der Waals surface area contributed by atoms with Gasteiger partial charge in [-0.2, -0.15) is 10.4 Å². The van der Waals surface area contributed by atoms with Crippen molar-refractivity contribution >= 4 is 35.8 Å². The van der Waals surface area contributed by atoms with Crippen LogP contribution in [-0.2, 0) is 6.42 Å².